The van der Waals surface area contributed by atoms with Crippen molar-refractivity contribution in [3.63, 3.8) is 0 Å². The van der Waals surface area contributed by atoms with Crippen molar-refractivity contribution in [2.24, 2.45) is 0 Å². The number of carbonyl (C=O) groups is 1. The summed E-state index contributed by atoms with van der Waals surface area (Å²) in [5, 5.41) is 2.52. The Morgan fingerprint density at radius 2 is 1.64 bits per heavy atom. The second kappa shape index (κ2) is 14.0. The molecular weight excluding hydrogens is 477 g/mol. The van der Waals surface area contributed by atoms with E-state index >= 15 is 0 Å². The third-order valence-corrected chi connectivity index (χ3v) is 4.66. The van der Waals surface area contributed by atoms with Crippen molar-refractivity contribution >= 4 is 22.6 Å². The molecule has 4 nitrogen and oxygen atoms in total. The minimum atomic E-state index is -4.44. The van der Waals surface area contributed by atoms with E-state index in [2.05, 4.69) is 28.4 Å². The molecule has 1 amide bonds. The maximum Gasteiger partial charge on any atom is 0.416 e. The monoisotopic (exact) mass is 507 g/mol. The van der Waals surface area contributed by atoms with Crippen LogP contribution in [0.5, 0.6) is 0 Å². The van der Waals surface area contributed by atoms with Crippen molar-refractivity contribution in [1.29, 1.82) is 0 Å². The molecule has 1 heterocycles. The molecule has 36 heavy (non-hydrogen) atoms. The van der Waals surface area contributed by atoms with E-state index in [1.54, 1.807) is 24.3 Å². The maximum atomic E-state index is 13.0. The Morgan fingerprint density at radius 3 is 2.14 bits per heavy atom. The lowest BCUT2D eigenvalue weighted by Gasteiger charge is -2.10. The lowest BCUT2D eigenvalue weighted by atomic mass is 10.1. The summed E-state index contributed by atoms with van der Waals surface area (Å²) in [6, 6.07) is 9.81. The van der Waals surface area contributed by atoms with Gasteiger partial charge in [-0.05, 0) is 35.9 Å². The molecule has 9 heteroatoms. The first-order valence-electron chi connectivity index (χ1n) is 11.4. The van der Waals surface area contributed by atoms with E-state index in [1.165, 1.54) is 6.07 Å². The fourth-order valence-electron chi connectivity index (χ4n) is 3.08. The first-order valence-corrected chi connectivity index (χ1v) is 11.4. The first-order chi connectivity index (χ1) is 17.1. The highest BCUT2D eigenvalue weighted by Gasteiger charge is 2.30. The number of carbonyl (C=O) groups excluding carboxylic acids is 1. The minimum absolute atomic E-state index is 0.277. The molecule has 0 unspecified atom stereocenters. The molecule has 3 rings (SSSR count). The first kappa shape index (κ1) is 30.3. The molecule has 0 aliphatic heterocycles. The molecule has 0 saturated carbocycles. The Labute approximate surface area is 207 Å². The molecule has 0 saturated heterocycles. The van der Waals surface area contributed by atoms with E-state index in [0.717, 1.165) is 29.8 Å². The van der Waals surface area contributed by atoms with Crippen LogP contribution in [0, 0.1) is 0 Å². The van der Waals surface area contributed by atoms with E-state index in [-0.39, 0.29) is 11.1 Å². The highest BCUT2D eigenvalue weighted by molar-refractivity contribution is 6.06. The predicted octanol–water partition coefficient (Wildman–Crippen LogP) is 8.10. The number of allylic oxidation sites excluding steroid dienone is 2. The smallest absolute Gasteiger partial charge is 0.342 e. The van der Waals surface area contributed by atoms with Crippen LogP contribution in [0.2, 0.25) is 0 Å². The van der Waals surface area contributed by atoms with Gasteiger partial charge in [-0.2, -0.15) is 13.2 Å². The summed E-state index contributed by atoms with van der Waals surface area (Å²) in [7, 11) is 0. The van der Waals surface area contributed by atoms with E-state index in [1.807, 2.05) is 27.7 Å². The fourth-order valence-corrected chi connectivity index (χ4v) is 3.08. The highest BCUT2D eigenvalue weighted by Crippen LogP contribution is 2.31. The second-order valence-corrected chi connectivity index (χ2v) is 6.82. The van der Waals surface area contributed by atoms with Gasteiger partial charge in [0.2, 0.25) is 0 Å². The number of aromatic nitrogens is 2. The zero-order valence-corrected chi connectivity index (χ0v) is 20.6. The number of fused-ring (bicyclic) bond motifs is 1. The standard InChI is InChI=1S/C23H18F5N3O.2C2H6/c1-3-16(21(24)25)17(4-2)22(32)29-15-8-5-13(6-9-15)11-20-30-18-10-7-14(23(26,27)28)12-19(18)31-20;2*1-2/h3-10,12,21H,1-2,11H2,(H,29,32)(H,30,31);2*1-2H3/b17-16-;;. The van der Waals surface area contributed by atoms with Gasteiger partial charge in [-0.1, -0.05) is 65.1 Å². The van der Waals surface area contributed by atoms with Crippen molar-refractivity contribution in [3.8, 4) is 0 Å². The number of halogens is 5. The molecule has 1 aromatic heterocycles. The van der Waals surface area contributed by atoms with Crippen LogP contribution in [0.3, 0.4) is 0 Å². The number of imidazole rings is 1. The number of nitrogens with zero attached hydrogens (tertiary/aromatic N) is 1. The van der Waals surface area contributed by atoms with Gasteiger partial charge in [0.15, 0.2) is 0 Å². The summed E-state index contributed by atoms with van der Waals surface area (Å²) < 4.78 is 64.6. The SMILES string of the molecule is C=C/C(C(=O)Nc1ccc(Cc2nc3ccc(C(F)(F)F)cc3[nH]2)cc1)=C(\C=C)C(F)F.CC.CC. The normalized spacial score (nSPS) is 11.5. The Morgan fingerprint density at radius 1 is 1.03 bits per heavy atom. The molecule has 0 bridgehead atoms. The van der Waals surface area contributed by atoms with Crippen LogP contribution in [-0.2, 0) is 17.4 Å². The molecule has 0 aliphatic carbocycles. The average molecular weight is 508 g/mol. The number of rotatable bonds is 7. The second-order valence-electron chi connectivity index (χ2n) is 6.82. The highest BCUT2D eigenvalue weighted by atomic mass is 19.4. The summed E-state index contributed by atoms with van der Waals surface area (Å²) >= 11 is 0. The predicted molar refractivity (Wildman–Crippen MR) is 135 cm³/mol. The summed E-state index contributed by atoms with van der Waals surface area (Å²) in [6.07, 6.45) is -5.05. The van der Waals surface area contributed by atoms with Crippen LogP contribution in [-0.4, -0.2) is 22.3 Å². The van der Waals surface area contributed by atoms with E-state index in [9.17, 15) is 26.7 Å². The lowest BCUT2D eigenvalue weighted by Crippen LogP contribution is -2.16. The van der Waals surface area contributed by atoms with Gasteiger partial charge in [0.25, 0.3) is 12.3 Å². The fraction of sp³-hybridized carbons (Fsp3) is 0.259. The largest absolute Gasteiger partial charge is 0.416 e. The summed E-state index contributed by atoms with van der Waals surface area (Å²) in [6.45, 7) is 14.7. The maximum absolute atomic E-state index is 13.0. The van der Waals surface area contributed by atoms with Gasteiger partial charge >= 0.3 is 6.18 Å². The van der Waals surface area contributed by atoms with Gasteiger partial charge in [0.1, 0.15) is 5.82 Å². The van der Waals surface area contributed by atoms with Gasteiger partial charge in [-0.15, -0.1) is 0 Å². The molecule has 0 radical (unpaired) electrons. The minimum Gasteiger partial charge on any atom is -0.342 e. The Bertz CT molecular complexity index is 1190. The van der Waals surface area contributed by atoms with Crippen LogP contribution in [0.15, 0.2) is 78.9 Å². The molecule has 2 aromatic carbocycles. The molecule has 0 atom stereocenters. The quantitative estimate of drug-likeness (QED) is 0.193. The van der Waals surface area contributed by atoms with E-state index in [4.69, 9.17) is 0 Å². The molecule has 0 spiro atoms. The van der Waals surface area contributed by atoms with E-state index in [0.29, 0.717) is 23.4 Å². The van der Waals surface area contributed by atoms with Crippen molar-refractivity contribution in [3.05, 3.63) is 95.9 Å². The van der Waals surface area contributed by atoms with Gasteiger partial charge in [0.05, 0.1) is 16.6 Å². The van der Waals surface area contributed by atoms with Crippen molar-refractivity contribution in [2.45, 2.75) is 46.7 Å². The number of aromatic amines is 1. The van der Waals surface area contributed by atoms with Crippen LogP contribution in [0.25, 0.3) is 11.0 Å². The zero-order chi connectivity index (χ0) is 27.5. The molecule has 3 aromatic rings. The molecule has 2 N–H and O–H groups in total. The summed E-state index contributed by atoms with van der Waals surface area (Å²) in [4.78, 5) is 19.5. The van der Waals surface area contributed by atoms with Crippen molar-refractivity contribution in [1.82, 2.24) is 9.97 Å². The number of amides is 1. The van der Waals surface area contributed by atoms with Gasteiger partial charge in [-0.3, -0.25) is 4.79 Å². The Balaban J connectivity index is 0.00000154. The molecule has 0 aliphatic rings. The average Bonchev–Trinajstić information content (AvgIpc) is 3.26. The number of anilines is 1. The van der Waals surface area contributed by atoms with Gasteiger partial charge in [-0.25, -0.2) is 13.8 Å². The number of benzene rings is 2. The van der Waals surface area contributed by atoms with Crippen LogP contribution in [0.4, 0.5) is 27.6 Å². The number of nitrogens with one attached hydrogen (secondary N) is 2. The van der Waals surface area contributed by atoms with Crippen LogP contribution < -0.4 is 5.32 Å². The molecule has 194 valence electrons. The third-order valence-electron chi connectivity index (χ3n) is 4.66. The topological polar surface area (TPSA) is 57.8 Å². The summed E-state index contributed by atoms with van der Waals surface area (Å²) in [5.41, 5.74) is 0.274. The lowest BCUT2D eigenvalue weighted by molar-refractivity contribution is -0.137. The zero-order valence-electron chi connectivity index (χ0n) is 20.6. The van der Waals surface area contributed by atoms with Gasteiger partial charge in [0, 0.05) is 23.3 Å². The Hall–Kier alpha value is -3.75. The number of alkyl halides is 5. The van der Waals surface area contributed by atoms with Crippen LogP contribution in [0.1, 0.15) is 44.6 Å². The number of hydrogen-bond acceptors (Lipinski definition) is 2. The summed E-state index contributed by atoms with van der Waals surface area (Å²) in [5.74, 6) is -0.277. The van der Waals surface area contributed by atoms with Gasteiger partial charge < -0.3 is 10.3 Å². The third kappa shape index (κ3) is 7.90. The molecular formula is C27H30F5N3O. The molecule has 0 fully saturated rings. The van der Waals surface area contributed by atoms with Crippen molar-refractivity contribution in [2.75, 3.05) is 5.32 Å². The number of H-pyrrole nitrogens is 1. The Kier molecular flexibility index (Phi) is 11.7. The van der Waals surface area contributed by atoms with Crippen LogP contribution >= 0.6 is 0 Å². The number of hydrogen-bond donors (Lipinski definition) is 2. The van der Waals surface area contributed by atoms with E-state index < -0.39 is 29.6 Å². The van der Waals surface area contributed by atoms with Crippen molar-refractivity contribution < 1.29 is 26.7 Å².